The lowest BCUT2D eigenvalue weighted by atomic mass is 10.1. The van der Waals surface area contributed by atoms with Crippen LogP contribution in [0.2, 0.25) is 0 Å². The molecule has 0 bridgehead atoms. The topological polar surface area (TPSA) is 90.0 Å². The van der Waals surface area contributed by atoms with E-state index < -0.39 is 10.0 Å². The molecule has 1 N–H and O–H groups in total. The Morgan fingerprint density at radius 2 is 1.34 bits per heavy atom. The molecule has 2 saturated heterocycles. The predicted molar refractivity (Wildman–Crippen MR) is 110 cm³/mol. The first-order valence-electron chi connectivity index (χ1n) is 10.2. The standard InChI is InChI=1S/C20H30N4O4S/c1-16(2)21-29(27,28)18-8-6-17(7-9-18)19(25)22-12-14-24(15-13-22)20(26)23-10-4-3-5-11-23/h6-9,16,21H,3-5,10-15H2,1-2H3. The second-order valence-corrected chi connectivity index (χ2v) is 9.62. The van der Waals surface area contributed by atoms with Crippen molar-refractivity contribution in [2.24, 2.45) is 0 Å². The van der Waals surface area contributed by atoms with Crippen LogP contribution < -0.4 is 4.72 Å². The highest BCUT2D eigenvalue weighted by molar-refractivity contribution is 7.89. The van der Waals surface area contributed by atoms with Crippen molar-refractivity contribution in [3.63, 3.8) is 0 Å². The molecule has 29 heavy (non-hydrogen) atoms. The summed E-state index contributed by atoms with van der Waals surface area (Å²) in [5, 5.41) is 0. The Hall–Kier alpha value is -2.13. The van der Waals surface area contributed by atoms with Gasteiger partial charge in [-0.25, -0.2) is 17.9 Å². The van der Waals surface area contributed by atoms with Crippen molar-refractivity contribution in [3.05, 3.63) is 29.8 Å². The number of piperidine rings is 1. The summed E-state index contributed by atoms with van der Waals surface area (Å²) in [6.45, 7) is 7.15. The highest BCUT2D eigenvalue weighted by Crippen LogP contribution is 2.16. The summed E-state index contributed by atoms with van der Waals surface area (Å²) in [7, 11) is -3.58. The van der Waals surface area contributed by atoms with E-state index in [0.29, 0.717) is 31.7 Å². The zero-order valence-electron chi connectivity index (χ0n) is 17.1. The molecule has 2 fully saturated rings. The molecule has 3 rings (SSSR count). The Balaban J connectivity index is 1.57. The number of carbonyl (C=O) groups excluding carboxylic acids is 2. The highest BCUT2D eigenvalue weighted by Gasteiger charge is 2.28. The smallest absolute Gasteiger partial charge is 0.320 e. The third kappa shape index (κ3) is 5.27. The number of piperazine rings is 1. The molecular formula is C20H30N4O4S. The van der Waals surface area contributed by atoms with Crippen molar-refractivity contribution in [1.29, 1.82) is 0 Å². The maximum atomic E-state index is 12.8. The Labute approximate surface area is 172 Å². The molecule has 1 aromatic rings. The van der Waals surface area contributed by atoms with Gasteiger partial charge in [0.25, 0.3) is 5.91 Å². The first kappa shape index (κ1) is 21.6. The fourth-order valence-corrected chi connectivity index (χ4v) is 4.97. The summed E-state index contributed by atoms with van der Waals surface area (Å²) in [4.78, 5) is 30.9. The van der Waals surface area contributed by atoms with Gasteiger partial charge in [0.05, 0.1) is 4.90 Å². The summed E-state index contributed by atoms with van der Waals surface area (Å²) in [6, 6.07) is 5.86. The van der Waals surface area contributed by atoms with Gasteiger partial charge in [0.15, 0.2) is 0 Å². The lowest BCUT2D eigenvalue weighted by Crippen LogP contribution is -2.54. The van der Waals surface area contributed by atoms with Gasteiger partial charge in [0.2, 0.25) is 10.0 Å². The molecule has 0 atom stereocenters. The summed E-state index contributed by atoms with van der Waals surface area (Å²) in [5.74, 6) is -0.143. The number of benzene rings is 1. The van der Waals surface area contributed by atoms with Crippen molar-refractivity contribution in [1.82, 2.24) is 19.4 Å². The van der Waals surface area contributed by atoms with Crippen molar-refractivity contribution in [2.75, 3.05) is 39.3 Å². The number of sulfonamides is 1. The Morgan fingerprint density at radius 1 is 0.828 bits per heavy atom. The zero-order valence-corrected chi connectivity index (χ0v) is 18.0. The van der Waals surface area contributed by atoms with Gasteiger partial charge in [0.1, 0.15) is 0 Å². The third-order valence-electron chi connectivity index (χ3n) is 5.27. The number of rotatable bonds is 4. The van der Waals surface area contributed by atoms with Crippen LogP contribution in [-0.2, 0) is 10.0 Å². The van der Waals surface area contributed by atoms with Crippen LogP contribution >= 0.6 is 0 Å². The predicted octanol–water partition coefficient (Wildman–Crippen LogP) is 1.74. The van der Waals surface area contributed by atoms with E-state index >= 15 is 0 Å². The van der Waals surface area contributed by atoms with Crippen LogP contribution in [0.4, 0.5) is 4.79 Å². The third-order valence-corrected chi connectivity index (χ3v) is 6.94. The Bertz CT molecular complexity index is 825. The molecule has 0 aliphatic carbocycles. The van der Waals surface area contributed by atoms with Crippen molar-refractivity contribution in [3.8, 4) is 0 Å². The molecule has 9 heteroatoms. The zero-order chi connectivity index (χ0) is 21.0. The van der Waals surface area contributed by atoms with Gasteiger partial charge in [-0.1, -0.05) is 0 Å². The number of urea groups is 1. The minimum Gasteiger partial charge on any atom is -0.335 e. The SMILES string of the molecule is CC(C)NS(=O)(=O)c1ccc(C(=O)N2CCN(C(=O)N3CCCCC3)CC2)cc1. The van der Waals surface area contributed by atoms with Crippen molar-refractivity contribution < 1.29 is 18.0 Å². The first-order chi connectivity index (χ1) is 13.8. The second-order valence-electron chi connectivity index (χ2n) is 7.91. The number of carbonyl (C=O) groups is 2. The largest absolute Gasteiger partial charge is 0.335 e. The number of amides is 3. The van der Waals surface area contributed by atoms with Crippen LogP contribution in [0.5, 0.6) is 0 Å². The first-order valence-corrected chi connectivity index (χ1v) is 11.7. The number of hydrogen-bond acceptors (Lipinski definition) is 4. The molecule has 2 heterocycles. The van der Waals surface area contributed by atoms with Crippen LogP contribution in [-0.4, -0.2) is 80.4 Å². The molecular weight excluding hydrogens is 392 g/mol. The minimum absolute atomic E-state index is 0.0732. The molecule has 0 saturated carbocycles. The molecule has 3 amide bonds. The molecule has 2 aliphatic heterocycles. The lowest BCUT2D eigenvalue weighted by Gasteiger charge is -2.38. The molecule has 2 aliphatic rings. The minimum atomic E-state index is -3.58. The van der Waals surface area contributed by atoms with Gasteiger partial charge in [-0.3, -0.25) is 4.79 Å². The molecule has 0 spiro atoms. The van der Waals surface area contributed by atoms with Crippen LogP contribution in [0.25, 0.3) is 0 Å². The fraction of sp³-hybridized carbons (Fsp3) is 0.600. The monoisotopic (exact) mass is 422 g/mol. The van der Waals surface area contributed by atoms with Gasteiger partial charge < -0.3 is 14.7 Å². The number of likely N-dealkylation sites (tertiary alicyclic amines) is 1. The average Bonchev–Trinajstić information content (AvgIpc) is 2.72. The van der Waals surface area contributed by atoms with Gasteiger partial charge in [-0.2, -0.15) is 0 Å². The van der Waals surface area contributed by atoms with Crippen LogP contribution in [0.15, 0.2) is 29.2 Å². The molecule has 160 valence electrons. The van der Waals surface area contributed by atoms with Crippen molar-refractivity contribution >= 4 is 22.0 Å². The fourth-order valence-electron chi connectivity index (χ4n) is 3.72. The van der Waals surface area contributed by atoms with Gasteiger partial charge in [0, 0.05) is 50.9 Å². The normalized spacial score (nSPS) is 18.2. The summed E-state index contributed by atoms with van der Waals surface area (Å²) in [6.07, 6.45) is 3.30. The van der Waals surface area contributed by atoms with Crippen LogP contribution in [0.1, 0.15) is 43.5 Å². The molecule has 0 aromatic heterocycles. The molecule has 1 aromatic carbocycles. The van der Waals surface area contributed by atoms with E-state index in [1.54, 1.807) is 30.9 Å². The van der Waals surface area contributed by atoms with Crippen molar-refractivity contribution in [2.45, 2.75) is 44.0 Å². The van der Waals surface area contributed by atoms with E-state index in [2.05, 4.69) is 4.72 Å². The van der Waals surface area contributed by atoms with E-state index in [4.69, 9.17) is 0 Å². The summed E-state index contributed by atoms with van der Waals surface area (Å²) in [5.41, 5.74) is 0.448. The van der Waals surface area contributed by atoms with E-state index in [-0.39, 0.29) is 22.9 Å². The lowest BCUT2D eigenvalue weighted by molar-refractivity contribution is 0.0633. The summed E-state index contributed by atoms with van der Waals surface area (Å²) < 4.78 is 26.9. The van der Waals surface area contributed by atoms with E-state index in [1.807, 2.05) is 9.80 Å². The van der Waals surface area contributed by atoms with Gasteiger partial charge >= 0.3 is 6.03 Å². The Kier molecular flexibility index (Phi) is 6.79. The quantitative estimate of drug-likeness (QED) is 0.800. The summed E-state index contributed by atoms with van der Waals surface area (Å²) >= 11 is 0. The maximum Gasteiger partial charge on any atom is 0.320 e. The number of nitrogens with zero attached hydrogens (tertiary/aromatic N) is 3. The van der Waals surface area contributed by atoms with Crippen LogP contribution in [0, 0.1) is 0 Å². The van der Waals surface area contributed by atoms with Crippen LogP contribution in [0.3, 0.4) is 0 Å². The second kappa shape index (κ2) is 9.13. The highest BCUT2D eigenvalue weighted by atomic mass is 32.2. The van der Waals surface area contributed by atoms with E-state index in [1.165, 1.54) is 18.6 Å². The van der Waals surface area contributed by atoms with Gasteiger partial charge in [-0.15, -0.1) is 0 Å². The number of hydrogen-bond donors (Lipinski definition) is 1. The Morgan fingerprint density at radius 3 is 1.90 bits per heavy atom. The molecule has 0 unspecified atom stereocenters. The number of nitrogens with one attached hydrogen (secondary N) is 1. The van der Waals surface area contributed by atoms with Gasteiger partial charge in [-0.05, 0) is 57.4 Å². The van der Waals surface area contributed by atoms with E-state index in [0.717, 1.165) is 25.9 Å². The molecule has 0 radical (unpaired) electrons. The molecule has 8 nitrogen and oxygen atoms in total. The maximum absolute atomic E-state index is 12.8. The average molecular weight is 423 g/mol. The van der Waals surface area contributed by atoms with E-state index in [9.17, 15) is 18.0 Å².